The number of hydrogen-bond donors (Lipinski definition) is 2. The van der Waals surface area contributed by atoms with Crippen molar-refractivity contribution in [2.75, 3.05) is 11.9 Å². The zero-order chi connectivity index (χ0) is 30.7. The van der Waals surface area contributed by atoms with E-state index in [1.54, 1.807) is 52.0 Å². The lowest BCUT2D eigenvalue weighted by Crippen LogP contribution is -2.32. The second-order valence-corrected chi connectivity index (χ2v) is 10.2. The van der Waals surface area contributed by atoms with Crippen molar-refractivity contribution in [2.24, 2.45) is 0 Å². The van der Waals surface area contributed by atoms with E-state index in [0.717, 1.165) is 22.4 Å². The maximum absolute atomic E-state index is 11.7. The smallest absolute Gasteiger partial charge is 0.411 e. The molecule has 2 aromatic heterocycles. The van der Waals surface area contributed by atoms with Crippen LogP contribution in [0.1, 0.15) is 50.4 Å². The highest BCUT2D eigenvalue weighted by atomic mass is 16.6. The molecular weight excluding hydrogens is 540 g/mol. The molecule has 0 spiro atoms. The number of aryl methyl sites for hydroxylation is 2. The van der Waals surface area contributed by atoms with Gasteiger partial charge in [0.15, 0.2) is 0 Å². The Bertz CT molecular complexity index is 1540. The van der Waals surface area contributed by atoms with E-state index in [2.05, 4.69) is 25.9 Å². The van der Waals surface area contributed by atoms with Crippen molar-refractivity contribution in [2.45, 2.75) is 60.2 Å². The molecule has 0 fully saturated rings. The SMILES string of the molecule is CCOC(=O)Nc1cccc(Cn2nc(C)ccc2=O)c1.Cc1ccc(-c2noc(CNC(=O)OC(C)(C)C)n2)cc1. The molecule has 0 bridgehead atoms. The Morgan fingerprint density at radius 1 is 1.00 bits per heavy atom. The Morgan fingerprint density at radius 3 is 2.43 bits per heavy atom. The van der Waals surface area contributed by atoms with Gasteiger partial charge in [-0.3, -0.25) is 10.1 Å². The minimum atomic E-state index is -0.536. The Labute approximate surface area is 244 Å². The highest BCUT2D eigenvalue weighted by Gasteiger charge is 2.17. The summed E-state index contributed by atoms with van der Waals surface area (Å²) in [6, 6.07) is 18.2. The average molecular weight is 577 g/mol. The van der Waals surface area contributed by atoms with Crippen molar-refractivity contribution in [1.29, 1.82) is 0 Å². The Balaban J connectivity index is 0.000000230. The number of alkyl carbamates (subject to hydrolysis) is 1. The maximum Gasteiger partial charge on any atom is 0.411 e. The van der Waals surface area contributed by atoms with Gasteiger partial charge in [-0.2, -0.15) is 10.1 Å². The molecule has 222 valence electrons. The molecule has 2 aromatic carbocycles. The zero-order valence-electron chi connectivity index (χ0n) is 24.6. The molecule has 4 rings (SSSR count). The van der Waals surface area contributed by atoms with Crippen LogP contribution in [0.2, 0.25) is 0 Å². The van der Waals surface area contributed by atoms with Crippen molar-refractivity contribution in [1.82, 2.24) is 25.2 Å². The summed E-state index contributed by atoms with van der Waals surface area (Å²) < 4.78 is 16.4. The summed E-state index contributed by atoms with van der Waals surface area (Å²) >= 11 is 0. The molecule has 0 radical (unpaired) electrons. The molecule has 12 heteroatoms. The standard InChI is InChI=1S/C15H19N3O3.C15H17N3O3/c1-10-5-7-11(8-6-10)13-17-12(21-18-13)9-16-14(19)20-15(2,3)4;1-3-21-15(20)16-13-6-4-5-12(9-13)10-18-14(19)8-7-11(2)17-18/h5-8H,9H2,1-4H3,(H,16,19);4-9H,3,10H2,1-2H3,(H,16,20). The number of carbonyl (C=O) groups excluding carboxylic acids is 2. The van der Waals surface area contributed by atoms with Crippen molar-refractivity contribution in [3.63, 3.8) is 0 Å². The van der Waals surface area contributed by atoms with Gasteiger partial charge in [-0.1, -0.05) is 47.1 Å². The third-order valence-electron chi connectivity index (χ3n) is 5.34. The molecule has 0 aliphatic carbocycles. The fourth-order valence-electron chi connectivity index (χ4n) is 3.48. The minimum Gasteiger partial charge on any atom is -0.450 e. The van der Waals surface area contributed by atoms with E-state index in [-0.39, 0.29) is 12.1 Å². The van der Waals surface area contributed by atoms with Gasteiger partial charge in [0.05, 0.1) is 18.8 Å². The predicted octanol–water partition coefficient (Wildman–Crippen LogP) is 5.24. The monoisotopic (exact) mass is 576 g/mol. The molecule has 0 aliphatic rings. The van der Waals surface area contributed by atoms with E-state index in [0.29, 0.717) is 30.6 Å². The van der Waals surface area contributed by atoms with E-state index in [1.807, 2.05) is 44.2 Å². The van der Waals surface area contributed by atoms with Gasteiger partial charge >= 0.3 is 12.2 Å². The van der Waals surface area contributed by atoms with Crippen molar-refractivity contribution < 1.29 is 23.6 Å². The summed E-state index contributed by atoms with van der Waals surface area (Å²) in [7, 11) is 0. The molecule has 0 atom stereocenters. The lowest BCUT2D eigenvalue weighted by atomic mass is 10.1. The highest BCUT2D eigenvalue weighted by molar-refractivity contribution is 5.84. The van der Waals surface area contributed by atoms with Gasteiger partial charge in [0.25, 0.3) is 5.56 Å². The van der Waals surface area contributed by atoms with Crippen LogP contribution in [0.15, 0.2) is 70.0 Å². The largest absolute Gasteiger partial charge is 0.450 e. The third kappa shape index (κ3) is 10.5. The molecule has 0 unspecified atom stereocenters. The number of carbonyl (C=O) groups is 2. The molecule has 12 nitrogen and oxygen atoms in total. The fraction of sp³-hybridized carbons (Fsp3) is 0.333. The summed E-state index contributed by atoms with van der Waals surface area (Å²) in [5.41, 5.74) is 3.59. The van der Waals surface area contributed by atoms with E-state index < -0.39 is 17.8 Å². The molecule has 2 amide bonds. The summed E-state index contributed by atoms with van der Waals surface area (Å²) in [6.07, 6.45) is -1.02. The average Bonchev–Trinajstić information content (AvgIpc) is 3.39. The first kappa shape index (κ1) is 31.5. The number of rotatable bonds is 7. The van der Waals surface area contributed by atoms with Gasteiger partial charge in [-0.05, 0) is 65.3 Å². The van der Waals surface area contributed by atoms with Gasteiger partial charge in [-0.15, -0.1) is 0 Å². The highest BCUT2D eigenvalue weighted by Crippen LogP contribution is 2.16. The maximum atomic E-state index is 11.7. The molecule has 2 heterocycles. The number of ether oxygens (including phenoxy) is 2. The number of amides is 2. The van der Waals surface area contributed by atoms with Crippen molar-refractivity contribution in [3.05, 3.63) is 93.7 Å². The van der Waals surface area contributed by atoms with Crippen LogP contribution in [0.5, 0.6) is 0 Å². The second kappa shape index (κ2) is 14.6. The molecule has 2 N–H and O–H groups in total. The molecular formula is C30H36N6O6. The summed E-state index contributed by atoms with van der Waals surface area (Å²) in [5.74, 6) is 0.826. The van der Waals surface area contributed by atoms with Crippen LogP contribution in [0.4, 0.5) is 15.3 Å². The van der Waals surface area contributed by atoms with E-state index in [1.165, 1.54) is 10.7 Å². The van der Waals surface area contributed by atoms with Gasteiger partial charge in [0.2, 0.25) is 11.7 Å². The van der Waals surface area contributed by atoms with Gasteiger partial charge in [0.1, 0.15) is 12.1 Å². The topological polar surface area (TPSA) is 150 Å². The lowest BCUT2D eigenvalue weighted by molar-refractivity contribution is 0.0517. The van der Waals surface area contributed by atoms with Crippen LogP contribution in [-0.4, -0.2) is 44.3 Å². The van der Waals surface area contributed by atoms with Gasteiger partial charge in [0, 0.05) is 17.3 Å². The Hall–Kier alpha value is -5.00. The van der Waals surface area contributed by atoms with Crippen LogP contribution in [0, 0.1) is 13.8 Å². The fourth-order valence-corrected chi connectivity index (χ4v) is 3.48. The Morgan fingerprint density at radius 2 is 1.74 bits per heavy atom. The minimum absolute atomic E-state index is 0.133. The van der Waals surface area contributed by atoms with Crippen LogP contribution < -0.4 is 16.2 Å². The molecule has 42 heavy (non-hydrogen) atoms. The third-order valence-corrected chi connectivity index (χ3v) is 5.34. The summed E-state index contributed by atoms with van der Waals surface area (Å²) in [6.45, 7) is 11.8. The lowest BCUT2D eigenvalue weighted by Gasteiger charge is -2.19. The molecule has 4 aromatic rings. The zero-order valence-corrected chi connectivity index (χ0v) is 24.6. The first-order valence-corrected chi connectivity index (χ1v) is 13.4. The van der Waals surface area contributed by atoms with Gasteiger partial charge in [-0.25, -0.2) is 14.3 Å². The van der Waals surface area contributed by atoms with Crippen LogP contribution in [-0.2, 0) is 22.6 Å². The van der Waals surface area contributed by atoms with E-state index >= 15 is 0 Å². The number of hydrogen-bond acceptors (Lipinski definition) is 9. The molecule has 0 saturated heterocycles. The quantitative estimate of drug-likeness (QED) is 0.301. The number of benzene rings is 2. The van der Waals surface area contributed by atoms with Crippen molar-refractivity contribution >= 4 is 17.9 Å². The number of nitrogens with one attached hydrogen (secondary N) is 2. The van der Waals surface area contributed by atoms with Crippen LogP contribution >= 0.6 is 0 Å². The molecule has 0 saturated carbocycles. The first-order chi connectivity index (χ1) is 19.9. The number of anilines is 1. The Kier molecular flexibility index (Phi) is 10.9. The van der Waals surface area contributed by atoms with Gasteiger partial charge < -0.3 is 19.3 Å². The summed E-state index contributed by atoms with van der Waals surface area (Å²) in [4.78, 5) is 38.9. The van der Waals surface area contributed by atoms with Crippen molar-refractivity contribution in [3.8, 4) is 11.4 Å². The summed E-state index contributed by atoms with van der Waals surface area (Å²) in [5, 5.41) is 13.3. The van der Waals surface area contributed by atoms with Crippen LogP contribution in [0.3, 0.4) is 0 Å². The second-order valence-electron chi connectivity index (χ2n) is 10.2. The number of nitrogens with zero attached hydrogens (tertiary/aromatic N) is 4. The van der Waals surface area contributed by atoms with Crippen LogP contribution in [0.25, 0.3) is 11.4 Å². The molecule has 0 aliphatic heterocycles. The predicted molar refractivity (Wildman–Crippen MR) is 157 cm³/mol. The normalized spacial score (nSPS) is 10.7. The number of aromatic nitrogens is 4. The first-order valence-electron chi connectivity index (χ1n) is 13.4. The van der Waals surface area contributed by atoms with E-state index in [9.17, 15) is 14.4 Å². The van der Waals surface area contributed by atoms with E-state index in [4.69, 9.17) is 14.0 Å².